The topological polar surface area (TPSA) is 116 Å². The molecule has 1 fully saturated rings. The smallest absolute Gasteiger partial charge is 0.307 e. The summed E-state index contributed by atoms with van der Waals surface area (Å²) in [6, 6.07) is 7.72. The molecule has 5 rings (SSSR count). The molecule has 12 heteroatoms. The fourth-order valence-corrected chi connectivity index (χ4v) is 4.05. The minimum atomic E-state index is -0.998. The highest BCUT2D eigenvalue weighted by Crippen LogP contribution is 2.43. The van der Waals surface area contributed by atoms with E-state index in [2.05, 4.69) is 15.6 Å². The van der Waals surface area contributed by atoms with Crippen molar-refractivity contribution in [2.24, 2.45) is 4.99 Å². The number of benzene rings is 2. The van der Waals surface area contributed by atoms with Crippen molar-refractivity contribution in [2.75, 3.05) is 19.5 Å². The lowest BCUT2D eigenvalue weighted by Crippen LogP contribution is -2.38. The van der Waals surface area contributed by atoms with Gasteiger partial charge in [-0.1, -0.05) is 11.6 Å². The summed E-state index contributed by atoms with van der Waals surface area (Å²) in [5.74, 6) is 0.686. The third-order valence-electron chi connectivity index (χ3n) is 5.69. The molecule has 1 atom stereocenters. The summed E-state index contributed by atoms with van der Waals surface area (Å²) >= 11 is 6.49. The number of nitro groups is 1. The van der Waals surface area contributed by atoms with Gasteiger partial charge in [0.15, 0.2) is 12.1 Å². The van der Waals surface area contributed by atoms with Crippen molar-refractivity contribution < 1.29 is 18.8 Å². The minimum absolute atomic E-state index is 0.0925. The van der Waals surface area contributed by atoms with Crippen molar-refractivity contribution in [1.29, 1.82) is 0 Å². The number of nitrogens with zero attached hydrogens (tertiary/aromatic N) is 4. The van der Waals surface area contributed by atoms with Gasteiger partial charge in [0, 0.05) is 29.7 Å². The molecule has 0 bridgehead atoms. The Morgan fingerprint density at radius 1 is 1.26 bits per heavy atom. The van der Waals surface area contributed by atoms with Crippen molar-refractivity contribution in [3.63, 3.8) is 0 Å². The first-order valence-electron chi connectivity index (χ1n) is 10.4. The Labute approximate surface area is 198 Å². The number of allylic oxidation sites excluding steroid dienone is 1. The molecule has 2 aliphatic rings. The molecule has 176 valence electrons. The molecular weight excluding hydrogens is 467 g/mol. The minimum Gasteiger partial charge on any atom is -0.497 e. The summed E-state index contributed by atoms with van der Waals surface area (Å²) in [6.45, 7) is 0. The second-order valence-electron chi connectivity index (χ2n) is 7.88. The molecule has 0 amide bonds. The van der Waals surface area contributed by atoms with Gasteiger partial charge in [-0.25, -0.2) is 9.67 Å². The molecule has 1 saturated carbocycles. The van der Waals surface area contributed by atoms with Gasteiger partial charge in [0.05, 0.1) is 36.0 Å². The number of nitrogens with one attached hydrogen (secondary N) is 2. The number of anilines is 1. The third kappa shape index (κ3) is 3.87. The van der Waals surface area contributed by atoms with E-state index in [0.29, 0.717) is 16.8 Å². The standard InChI is InChI=1S/C22H20ClFN6O4/c1-33-12-5-6-17-13(7-12)20(11-3-4-11)28-29(17)21-14(23)10-25-22(27-21)26-16-9-18(30(31)32)15(24)8-19(16)34-2/h5-11,22,26-27H,3-4H2,1-2H3. The van der Waals surface area contributed by atoms with Gasteiger partial charge in [-0.3, -0.25) is 10.1 Å². The van der Waals surface area contributed by atoms with Gasteiger partial charge in [-0.15, -0.1) is 0 Å². The molecule has 3 aromatic rings. The highest BCUT2D eigenvalue weighted by Gasteiger charge is 2.31. The van der Waals surface area contributed by atoms with Crippen LogP contribution in [0.1, 0.15) is 24.5 Å². The van der Waals surface area contributed by atoms with Gasteiger partial charge in [0.25, 0.3) is 0 Å². The third-order valence-corrected chi connectivity index (χ3v) is 5.96. The molecule has 0 spiro atoms. The van der Waals surface area contributed by atoms with Gasteiger partial charge >= 0.3 is 5.69 Å². The first-order chi connectivity index (χ1) is 16.4. The number of aliphatic imine (C=N–C) groups is 1. The van der Waals surface area contributed by atoms with Gasteiger partial charge in [0.2, 0.25) is 5.82 Å². The van der Waals surface area contributed by atoms with E-state index in [-0.39, 0.29) is 11.4 Å². The van der Waals surface area contributed by atoms with Gasteiger partial charge < -0.3 is 20.1 Å². The maximum Gasteiger partial charge on any atom is 0.307 e. The highest BCUT2D eigenvalue weighted by atomic mass is 35.5. The average molecular weight is 487 g/mol. The van der Waals surface area contributed by atoms with E-state index in [4.69, 9.17) is 26.2 Å². The van der Waals surface area contributed by atoms with E-state index in [0.717, 1.165) is 47.3 Å². The van der Waals surface area contributed by atoms with Crippen LogP contribution in [0.2, 0.25) is 0 Å². The van der Waals surface area contributed by atoms with E-state index in [9.17, 15) is 14.5 Å². The molecule has 2 N–H and O–H groups in total. The Balaban J connectivity index is 1.49. The Morgan fingerprint density at radius 2 is 2.06 bits per heavy atom. The Morgan fingerprint density at radius 3 is 2.74 bits per heavy atom. The first-order valence-corrected chi connectivity index (χ1v) is 10.8. The second-order valence-corrected chi connectivity index (χ2v) is 8.29. The molecule has 1 aliphatic carbocycles. The van der Waals surface area contributed by atoms with E-state index in [1.807, 2.05) is 18.2 Å². The Bertz CT molecular complexity index is 1370. The quantitative estimate of drug-likeness (QED) is 0.375. The summed E-state index contributed by atoms with van der Waals surface area (Å²) in [7, 11) is 2.96. The van der Waals surface area contributed by atoms with Gasteiger partial charge in [-0.05, 0) is 31.0 Å². The lowest BCUT2D eigenvalue weighted by molar-refractivity contribution is -0.387. The van der Waals surface area contributed by atoms with Crippen LogP contribution < -0.4 is 20.1 Å². The van der Waals surface area contributed by atoms with Crippen LogP contribution in [0.5, 0.6) is 11.5 Å². The predicted molar refractivity (Wildman–Crippen MR) is 126 cm³/mol. The number of ether oxygens (including phenoxy) is 2. The van der Waals surface area contributed by atoms with Crippen LogP contribution in [0.25, 0.3) is 16.7 Å². The molecule has 10 nitrogen and oxygen atoms in total. The zero-order chi connectivity index (χ0) is 24.0. The van der Waals surface area contributed by atoms with E-state index in [1.54, 1.807) is 11.8 Å². The number of hydrogen-bond acceptors (Lipinski definition) is 8. The van der Waals surface area contributed by atoms with Crippen molar-refractivity contribution in [3.05, 3.63) is 57.0 Å². The van der Waals surface area contributed by atoms with Crippen LogP contribution in [0, 0.1) is 15.9 Å². The Hall–Kier alpha value is -3.86. The Kier molecular flexibility index (Phi) is 5.48. The van der Waals surface area contributed by atoms with Crippen LogP contribution in [-0.2, 0) is 0 Å². The van der Waals surface area contributed by atoms with Crippen molar-refractivity contribution >= 4 is 45.9 Å². The lowest BCUT2D eigenvalue weighted by Gasteiger charge is -2.25. The number of halogens is 2. The fourth-order valence-electron chi connectivity index (χ4n) is 3.86. The summed E-state index contributed by atoms with van der Waals surface area (Å²) in [6.07, 6.45) is 2.82. The molecule has 0 radical (unpaired) electrons. The van der Waals surface area contributed by atoms with Crippen LogP contribution >= 0.6 is 11.6 Å². The molecule has 1 aromatic heterocycles. The van der Waals surface area contributed by atoms with Crippen molar-refractivity contribution in [2.45, 2.75) is 25.0 Å². The second kappa shape index (κ2) is 8.49. The molecule has 2 aromatic carbocycles. The number of nitro benzene ring substituents is 1. The predicted octanol–water partition coefficient (Wildman–Crippen LogP) is 4.41. The fraction of sp³-hybridized carbons (Fsp3) is 0.273. The maximum absolute atomic E-state index is 14.0. The van der Waals surface area contributed by atoms with Gasteiger partial charge in [-0.2, -0.15) is 9.49 Å². The van der Waals surface area contributed by atoms with Crippen LogP contribution in [0.3, 0.4) is 0 Å². The molecule has 34 heavy (non-hydrogen) atoms. The molecule has 2 heterocycles. The molecule has 1 aliphatic heterocycles. The SMILES string of the molecule is COc1ccc2c(c1)c(C1CC1)nn2C1=C(Cl)C=NC(Nc2cc([N+](=O)[O-])c(F)cc2OC)N1. The summed E-state index contributed by atoms with van der Waals surface area (Å²) in [4.78, 5) is 14.7. The zero-order valence-corrected chi connectivity index (χ0v) is 19.0. The van der Waals surface area contributed by atoms with Crippen LogP contribution in [-0.4, -0.2) is 41.4 Å². The van der Waals surface area contributed by atoms with E-state index >= 15 is 0 Å². The summed E-state index contributed by atoms with van der Waals surface area (Å²) < 4.78 is 26.3. The largest absolute Gasteiger partial charge is 0.497 e. The molecule has 1 unspecified atom stereocenters. The monoisotopic (exact) mass is 486 g/mol. The number of aromatic nitrogens is 2. The average Bonchev–Trinajstić information content (AvgIpc) is 3.61. The number of fused-ring (bicyclic) bond motifs is 1. The number of hydrogen-bond donors (Lipinski definition) is 2. The summed E-state index contributed by atoms with van der Waals surface area (Å²) in [5, 5.41) is 23.5. The van der Waals surface area contributed by atoms with Crippen molar-refractivity contribution in [3.8, 4) is 11.5 Å². The van der Waals surface area contributed by atoms with Crippen LogP contribution in [0.15, 0.2) is 40.4 Å². The van der Waals surface area contributed by atoms with E-state index in [1.165, 1.54) is 13.3 Å². The summed E-state index contributed by atoms with van der Waals surface area (Å²) in [5.41, 5.74) is 1.32. The zero-order valence-electron chi connectivity index (χ0n) is 18.2. The maximum atomic E-state index is 14.0. The van der Waals surface area contributed by atoms with Crippen LogP contribution in [0.4, 0.5) is 15.8 Å². The lowest BCUT2D eigenvalue weighted by atomic mass is 10.1. The number of rotatable bonds is 7. The van der Waals surface area contributed by atoms with E-state index < -0.39 is 22.7 Å². The molecular formula is C22H20ClFN6O4. The van der Waals surface area contributed by atoms with Gasteiger partial charge in [0.1, 0.15) is 16.5 Å². The van der Waals surface area contributed by atoms with Crippen molar-refractivity contribution in [1.82, 2.24) is 15.1 Å². The highest BCUT2D eigenvalue weighted by molar-refractivity contribution is 6.42. The first kappa shape index (κ1) is 22.0. The number of methoxy groups -OCH3 is 2. The normalized spacial score (nSPS) is 17.6. The molecule has 0 saturated heterocycles.